The highest BCUT2D eigenvalue weighted by Gasteiger charge is 2.11. The van der Waals surface area contributed by atoms with Crippen molar-refractivity contribution in [3.8, 4) is 0 Å². The number of aromatic amines is 1. The molecule has 1 N–H and O–H groups in total. The Morgan fingerprint density at radius 2 is 2.07 bits per heavy atom. The summed E-state index contributed by atoms with van der Waals surface area (Å²) in [4.78, 5) is 3.10. The average Bonchev–Trinajstić information content (AvgIpc) is 2.41. The first-order chi connectivity index (χ1) is 6.44. The molecule has 0 saturated heterocycles. The Labute approximate surface area is 91.3 Å². The minimum Gasteiger partial charge on any atom is -0.337 e. The van der Waals surface area contributed by atoms with Crippen molar-refractivity contribution in [3.63, 3.8) is 0 Å². The predicted octanol–water partition coefficient (Wildman–Crippen LogP) is 3.54. The number of nitrogens with one attached hydrogen (secondary N) is 1. The highest BCUT2D eigenvalue weighted by molar-refractivity contribution is 7.71. The molecule has 0 fully saturated rings. The molecule has 80 valence electrons. The minimum absolute atomic E-state index is 0.372. The van der Waals surface area contributed by atoms with E-state index in [1.54, 1.807) is 0 Å². The van der Waals surface area contributed by atoms with Crippen molar-refractivity contribution in [1.82, 2.24) is 9.55 Å². The molecule has 2 nitrogen and oxygen atoms in total. The second-order valence-electron chi connectivity index (χ2n) is 4.90. The molecule has 14 heavy (non-hydrogen) atoms. The second-order valence-corrected chi connectivity index (χ2v) is 5.29. The van der Waals surface area contributed by atoms with Gasteiger partial charge in [0.2, 0.25) is 0 Å². The summed E-state index contributed by atoms with van der Waals surface area (Å²) >= 11 is 5.23. The maximum atomic E-state index is 5.23. The van der Waals surface area contributed by atoms with Gasteiger partial charge in [-0.2, -0.15) is 0 Å². The largest absolute Gasteiger partial charge is 0.337 e. The van der Waals surface area contributed by atoms with Crippen LogP contribution in [0.25, 0.3) is 0 Å². The molecular weight excluding hydrogens is 192 g/mol. The van der Waals surface area contributed by atoms with E-state index in [4.69, 9.17) is 12.2 Å². The van der Waals surface area contributed by atoms with Gasteiger partial charge in [-0.1, -0.05) is 27.7 Å². The maximum Gasteiger partial charge on any atom is 0.177 e. The van der Waals surface area contributed by atoms with Crippen LogP contribution in [0.5, 0.6) is 0 Å². The lowest BCUT2D eigenvalue weighted by Crippen LogP contribution is -2.12. The van der Waals surface area contributed by atoms with E-state index in [1.165, 1.54) is 5.69 Å². The third-order valence-corrected chi connectivity index (χ3v) is 2.74. The molecule has 0 atom stereocenters. The van der Waals surface area contributed by atoms with Gasteiger partial charge in [0.25, 0.3) is 0 Å². The van der Waals surface area contributed by atoms with Crippen LogP contribution in [0.3, 0.4) is 0 Å². The Morgan fingerprint density at radius 3 is 2.57 bits per heavy atom. The summed E-state index contributed by atoms with van der Waals surface area (Å²) in [5, 5.41) is 0. The number of aryl methyl sites for hydroxylation is 1. The maximum absolute atomic E-state index is 5.23. The molecule has 0 saturated carbocycles. The average molecular weight is 212 g/mol. The topological polar surface area (TPSA) is 20.7 Å². The fourth-order valence-electron chi connectivity index (χ4n) is 1.42. The van der Waals surface area contributed by atoms with Crippen molar-refractivity contribution in [2.75, 3.05) is 0 Å². The van der Waals surface area contributed by atoms with Gasteiger partial charge in [0.15, 0.2) is 4.77 Å². The van der Waals surface area contributed by atoms with Crippen molar-refractivity contribution in [2.45, 2.75) is 47.1 Å². The summed E-state index contributed by atoms with van der Waals surface area (Å²) in [7, 11) is 0. The van der Waals surface area contributed by atoms with Gasteiger partial charge < -0.3 is 9.55 Å². The second kappa shape index (κ2) is 4.30. The number of hydrogen-bond acceptors (Lipinski definition) is 1. The lowest BCUT2D eigenvalue weighted by Gasteiger charge is -2.18. The lowest BCUT2D eigenvalue weighted by atomic mass is 9.92. The predicted molar refractivity (Wildman–Crippen MR) is 63.1 cm³/mol. The van der Waals surface area contributed by atoms with E-state index >= 15 is 0 Å². The van der Waals surface area contributed by atoms with Gasteiger partial charge in [-0.15, -0.1) is 0 Å². The molecule has 1 rings (SSSR count). The summed E-state index contributed by atoms with van der Waals surface area (Å²) in [6, 6.07) is 0. The zero-order chi connectivity index (χ0) is 10.8. The molecule has 0 unspecified atom stereocenters. The summed E-state index contributed by atoms with van der Waals surface area (Å²) in [5.74, 6) is 0. The van der Waals surface area contributed by atoms with Crippen molar-refractivity contribution in [1.29, 1.82) is 0 Å². The van der Waals surface area contributed by atoms with Crippen molar-refractivity contribution < 1.29 is 0 Å². The molecule has 0 aliphatic heterocycles. The number of hydrogen-bond donors (Lipinski definition) is 1. The number of H-pyrrole nitrogens is 1. The van der Waals surface area contributed by atoms with Gasteiger partial charge in [0.1, 0.15) is 0 Å². The van der Waals surface area contributed by atoms with E-state index in [0.717, 1.165) is 24.2 Å². The van der Waals surface area contributed by atoms with Crippen LogP contribution in [0.4, 0.5) is 0 Å². The number of aromatic nitrogens is 2. The zero-order valence-corrected chi connectivity index (χ0v) is 10.4. The van der Waals surface area contributed by atoms with Crippen LogP contribution in [0, 0.1) is 10.2 Å². The summed E-state index contributed by atoms with van der Waals surface area (Å²) in [6.07, 6.45) is 4.22. The van der Waals surface area contributed by atoms with E-state index in [9.17, 15) is 0 Å². The van der Waals surface area contributed by atoms with Crippen LogP contribution in [-0.2, 0) is 13.0 Å². The van der Waals surface area contributed by atoms with Gasteiger partial charge in [-0.05, 0) is 30.5 Å². The fraction of sp³-hybridized carbons (Fsp3) is 0.727. The molecule has 0 aromatic carbocycles. The molecule has 0 amide bonds. The Bertz CT molecular complexity index is 341. The Hall–Kier alpha value is -0.570. The van der Waals surface area contributed by atoms with Crippen LogP contribution in [0.15, 0.2) is 6.20 Å². The van der Waals surface area contributed by atoms with E-state index in [2.05, 4.69) is 37.2 Å². The highest BCUT2D eigenvalue weighted by Crippen LogP contribution is 2.20. The van der Waals surface area contributed by atoms with Crippen LogP contribution in [-0.4, -0.2) is 9.55 Å². The zero-order valence-electron chi connectivity index (χ0n) is 9.55. The van der Waals surface area contributed by atoms with Crippen LogP contribution in [0.1, 0.15) is 39.8 Å². The molecule has 0 radical (unpaired) electrons. The fourth-order valence-corrected chi connectivity index (χ4v) is 1.68. The Morgan fingerprint density at radius 1 is 1.43 bits per heavy atom. The molecule has 0 aliphatic carbocycles. The van der Waals surface area contributed by atoms with Gasteiger partial charge >= 0.3 is 0 Å². The molecule has 1 heterocycles. The molecule has 1 aromatic heterocycles. The SMILES string of the molecule is CCc1c[nH]c(=S)n1CCC(C)(C)C. The third-order valence-electron chi connectivity index (χ3n) is 2.40. The molecule has 0 spiro atoms. The summed E-state index contributed by atoms with van der Waals surface area (Å²) in [6.45, 7) is 9.96. The first-order valence-electron chi connectivity index (χ1n) is 5.21. The number of rotatable bonds is 3. The smallest absolute Gasteiger partial charge is 0.177 e. The van der Waals surface area contributed by atoms with Crippen LogP contribution < -0.4 is 0 Å². The summed E-state index contributed by atoms with van der Waals surface area (Å²) < 4.78 is 3.06. The standard InChI is InChI=1S/C11H20N2S/c1-5-9-8-12-10(14)13(9)7-6-11(2,3)4/h8H,5-7H2,1-4H3,(H,12,14). The first kappa shape index (κ1) is 11.5. The first-order valence-corrected chi connectivity index (χ1v) is 5.62. The molecule has 0 aliphatic rings. The quantitative estimate of drug-likeness (QED) is 0.760. The lowest BCUT2D eigenvalue weighted by molar-refractivity contribution is 0.347. The number of imidazole rings is 1. The Balaban J connectivity index is 2.75. The third kappa shape index (κ3) is 2.98. The molecule has 3 heteroatoms. The monoisotopic (exact) mass is 212 g/mol. The number of nitrogens with zero attached hydrogens (tertiary/aromatic N) is 1. The van der Waals surface area contributed by atoms with Crippen LogP contribution >= 0.6 is 12.2 Å². The van der Waals surface area contributed by atoms with E-state index in [0.29, 0.717) is 5.41 Å². The van der Waals surface area contributed by atoms with E-state index in [-0.39, 0.29) is 0 Å². The van der Waals surface area contributed by atoms with Gasteiger partial charge in [0, 0.05) is 18.4 Å². The highest BCUT2D eigenvalue weighted by atomic mass is 32.1. The Kier molecular flexibility index (Phi) is 3.53. The van der Waals surface area contributed by atoms with Crippen molar-refractivity contribution in [3.05, 3.63) is 16.7 Å². The molecular formula is C11H20N2S. The van der Waals surface area contributed by atoms with Crippen LogP contribution in [0.2, 0.25) is 0 Å². The minimum atomic E-state index is 0.372. The summed E-state index contributed by atoms with van der Waals surface area (Å²) in [5.41, 5.74) is 1.68. The van der Waals surface area contributed by atoms with E-state index < -0.39 is 0 Å². The van der Waals surface area contributed by atoms with Gasteiger partial charge in [-0.25, -0.2) is 0 Å². The van der Waals surface area contributed by atoms with E-state index in [1.807, 2.05) is 6.20 Å². The molecule has 1 aromatic rings. The van der Waals surface area contributed by atoms with Gasteiger partial charge in [-0.3, -0.25) is 0 Å². The van der Waals surface area contributed by atoms with Gasteiger partial charge in [0.05, 0.1) is 0 Å². The van der Waals surface area contributed by atoms with Crippen molar-refractivity contribution >= 4 is 12.2 Å². The van der Waals surface area contributed by atoms with Crippen molar-refractivity contribution in [2.24, 2.45) is 5.41 Å². The normalized spacial score (nSPS) is 12.0. The molecule has 0 bridgehead atoms.